The number of aromatic nitrogens is 2. The molecule has 0 fully saturated rings. The number of nitrogens with zero attached hydrogens (tertiary/aromatic N) is 2. The Morgan fingerprint density at radius 2 is 2.42 bits per heavy atom. The molecular weight excluding hydrogens is 148 g/mol. The van der Waals surface area contributed by atoms with Gasteiger partial charge >= 0.3 is 0 Å². The zero-order valence-corrected chi connectivity index (χ0v) is 6.77. The number of pyridine rings is 1. The van der Waals surface area contributed by atoms with Gasteiger partial charge in [-0.2, -0.15) is 0 Å². The lowest BCUT2D eigenvalue weighted by molar-refractivity contribution is 0.852. The third-order valence-electron chi connectivity index (χ3n) is 1.85. The van der Waals surface area contributed by atoms with Crippen molar-refractivity contribution in [3.05, 3.63) is 43.2 Å². The van der Waals surface area contributed by atoms with Gasteiger partial charge in [-0.3, -0.25) is 0 Å². The molecule has 0 unspecified atom stereocenters. The van der Waals surface area contributed by atoms with Crippen molar-refractivity contribution in [1.29, 1.82) is 0 Å². The first-order chi connectivity index (χ1) is 5.92. The van der Waals surface area contributed by atoms with E-state index in [-0.39, 0.29) is 0 Å². The number of hydrogen-bond acceptors (Lipinski definition) is 1. The van der Waals surface area contributed by atoms with Crippen LogP contribution in [0.3, 0.4) is 0 Å². The minimum absolute atomic E-state index is 0.820. The van der Waals surface area contributed by atoms with Crippen LogP contribution in [0.4, 0.5) is 0 Å². The lowest BCUT2D eigenvalue weighted by atomic mass is 10.3. The van der Waals surface area contributed by atoms with Crippen LogP contribution in [-0.4, -0.2) is 9.55 Å². The van der Waals surface area contributed by atoms with Gasteiger partial charge in [0.05, 0.1) is 0 Å². The summed E-state index contributed by atoms with van der Waals surface area (Å²) < 4.78 is 2.07. The van der Waals surface area contributed by atoms with Crippen molar-refractivity contribution in [3.63, 3.8) is 0 Å². The van der Waals surface area contributed by atoms with Crippen LogP contribution in [0, 0.1) is 0 Å². The normalized spacial score (nSPS) is 10.3. The van der Waals surface area contributed by atoms with Crippen LogP contribution in [0.5, 0.6) is 0 Å². The van der Waals surface area contributed by atoms with Gasteiger partial charge in [0.1, 0.15) is 5.65 Å². The number of hydrogen-bond donors (Lipinski definition) is 0. The molecule has 0 saturated heterocycles. The van der Waals surface area contributed by atoms with E-state index < -0.39 is 0 Å². The number of fused-ring (bicyclic) bond motifs is 1. The molecule has 0 aliphatic carbocycles. The summed E-state index contributed by atoms with van der Waals surface area (Å²) in [6.45, 7) is 4.51. The van der Waals surface area contributed by atoms with E-state index in [2.05, 4.69) is 28.3 Å². The van der Waals surface area contributed by atoms with E-state index in [0.717, 1.165) is 12.2 Å². The second-order valence-electron chi connectivity index (χ2n) is 2.67. The summed E-state index contributed by atoms with van der Waals surface area (Å²) in [6.07, 6.45) is 5.70. The molecule has 0 N–H and O–H groups in total. The van der Waals surface area contributed by atoms with Gasteiger partial charge in [0.15, 0.2) is 0 Å². The third-order valence-corrected chi connectivity index (χ3v) is 1.85. The fourth-order valence-electron chi connectivity index (χ4n) is 1.31. The van der Waals surface area contributed by atoms with Gasteiger partial charge in [0.25, 0.3) is 0 Å². The van der Waals surface area contributed by atoms with Crippen LogP contribution in [0.25, 0.3) is 11.0 Å². The largest absolute Gasteiger partial charge is 0.329 e. The predicted octanol–water partition coefficient (Wildman–Crippen LogP) is 2.22. The highest BCUT2D eigenvalue weighted by Crippen LogP contribution is 2.11. The number of rotatable bonds is 2. The zero-order valence-electron chi connectivity index (χ0n) is 6.77. The highest BCUT2D eigenvalue weighted by Gasteiger charge is 1.97. The van der Waals surface area contributed by atoms with Gasteiger partial charge in [0, 0.05) is 24.3 Å². The fourth-order valence-corrected chi connectivity index (χ4v) is 1.31. The molecule has 0 saturated carbocycles. The molecule has 0 aromatic carbocycles. The van der Waals surface area contributed by atoms with E-state index >= 15 is 0 Å². The Hall–Kier alpha value is -1.57. The number of allylic oxidation sites excluding steroid dienone is 1. The van der Waals surface area contributed by atoms with E-state index in [0.29, 0.717) is 0 Å². The SMILES string of the molecule is C=CCn1ccc2cccnc21. The Kier molecular flexibility index (Phi) is 1.67. The Bertz CT molecular complexity index is 401. The first-order valence-electron chi connectivity index (χ1n) is 3.92. The molecule has 60 valence electrons. The molecule has 2 heteroatoms. The monoisotopic (exact) mass is 158 g/mol. The summed E-state index contributed by atoms with van der Waals surface area (Å²) in [7, 11) is 0. The van der Waals surface area contributed by atoms with E-state index in [1.165, 1.54) is 5.39 Å². The highest BCUT2D eigenvalue weighted by atomic mass is 15.0. The maximum absolute atomic E-state index is 4.27. The summed E-state index contributed by atoms with van der Waals surface area (Å²) in [5.41, 5.74) is 1.03. The predicted molar refractivity (Wildman–Crippen MR) is 49.9 cm³/mol. The van der Waals surface area contributed by atoms with Crippen LogP contribution in [0.15, 0.2) is 43.2 Å². The second-order valence-corrected chi connectivity index (χ2v) is 2.67. The van der Waals surface area contributed by atoms with Gasteiger partial charge in [-0.25, -0.2) is 4.98 Å². The van der Waals surface area contributed by atoms with Gasteiger partial charge < -0.3 is 4.57 Å². The minimum Gasteiger partial charge on any atom is -0.329 e. The molecule has 0 amide bonds. The zero-order chi connectivity index (χ0) is 8.39. The molecule has 2 aromatic rings. The Morgan fingerprint density at radius 1 is 1.50 bits per heavy atom. The van der Waals surface area contributed by atoms with Crippen molar-refractivity contribution >= 4 is 11.0 Å². The Balaban J connectivity index is 2.62. The van der Waals surface area contributed by atoms with E-state index in [1.807, 2.05) is 24.5 Å². The quantitative estimate of drug-likeness (QED) is 0.613. The maximum atomic E-state index is 4.27. The Labute approximate surface area is 71.2 Å². The molecule has 0 bridgehead atoms. The van der Waals surface area contributed by atoms with Gasteiger partial charge in [-0.05, 0) is 18.2 Å². The summed E-state index contributed by atoms with van der Waals surface area (Å²) in [5, 5.41) is 1.18. The van der Waals surface area contributed by atoms with Crippen molar-refractivity contribution in [1.82, 2.24) is 9.55 Å². The maximum Gasteiger partial charge on any atom is 0.140 e. The third kappa shape index (κ3) is 1.01. The van der Waals surface area contributed by atoms with Crippen molar-refractivity contribution in [2.24, 2.45) is 0 Å². The first kappa shape index (κ1) is 7.10. The lowest BCUT2D eigenvalue weighted by Gasteiger charge is -1.97. The van der Waals surface area contributed by atoms with E-state index in [4.69, 9.17) is 0 Å². The summed E-state index contributed by atoms with van der Waals surface area (Å²) in [6, 6.07) is 6.06. The minimum atomic E-state index is 0.820. The molecule has 2 aromatic heterocycles. The molecule has 0 aliphatic rings. The average molecular weight is 158 g/mol. The highest BCUT2D eigenvalue weighted by molar-refractivity contribution is 5.75. The molecule has 2 heterocycles. The first-order valence-corrected chi connectivity index (χ1v) is 3.92. The molecule has 2 rings (SSSR count). The van der Waals surface area contributed by atoms with E-state index in [9.17, 15) is 0 Å². The van der Waals surface area contributed by atoms with Gasteiger partial charge in [-0.1, -0.05) is 6.08 Å². The van der Waals surface area contributed by atoms with E-state index in [1.54, 1.807) is 0 Å². The van der Waals surface area contributed by atoms with Crippen LogP contribution in [-0.2, 0) is 6.54 Å². The van der Waals surface area contributed by atoms with Crippen LogP contribution >= 0.6 is 0 Å². The molecule has 0 aliphatic heterocycles. The molecule has 0 atom stereocenters. The lowest BCUT2D eigenvalue weighted by Crippen LogP contribution is -1.93. The molecule has 0 spiro atoms. The molecular formula is C10H10N2. The summed E-state index contributed by atoms with van der Waals surface area (Å²) in [4.78, 5) is 4.27. The van der Waals surface area contributed by atoms with Crippen LogP contribution < -0.4 is 0 Å². The fraction of sp³-hybridized carbons (Fsp3) is 0.100. The molecule has 12 heavy (non-hydrogen) atoms. The van der Waals surface area contributed by atoms with Gasteiger partial charge in [0.2, 0.25) is 0 Å². The van der Waals surface area contributed by atoms with Crippen molar-refractivity contribution < 1.29 is 0 Å². The molecule has 0 radical (unpaired) electrons. The Morgan fingerprint density at radius 3 is 3.25 bits per heavy atom. The molecule has 2 nitrogen and oxygen atoms in total. The smallest absolute Gasteiger partial charge is 0.140 e. The average Bonchev–Trinajstić information content (AvgIpc) is 2.50. The second kappa shape index (κ2) is 2.81. The summed E-state index contributed by atoms with van der Waals surface area (Å²) in [5.74, 6) is 0. The van der Waals surface area contributed by atoms with Crippen molar-refractivity contribution in [3.8, 4) is 0 Å². The van der Waals surface area contributed by atoms with Crippen molar-refractivity contribution in [2.75, 3.05) is 0 Å². The summed E-state index contributed by atoms with van der Waals surface area (Å²) >= 11 is 0. The standard InChI is InChI=1S/C10H10N2/c1-2-7-12-8-5-9-4-3-6-11-10(9)12/h2-6,8H,1,7H2. The van der Waals surface area contributed by atoms with Crippen molar-refractivity contribution in [2.45, 2.75) is 6.54 Å². The van der Waals surface area contributed by atoms with Crippen LogP contribution in [0.2, 0.25) is 0 Å². The van der Waals surface area contributed by atoms with Crippen LogP contribution in [0.1, 0.15) is 0 Å². The topological polar surface area (TPSA) is 17.8 Å². The van der Waals surface area contributed by atoms with Gasteiger partial charge in [-0.15, -0.1) is 6.58 Å².